The van der Waals surface area contributed by atoms with Crippen LogP contribution < -0.4 is 10.6 Å². The minimum absolute atomic E-state index is 0.0356. The Morgan fingerprint density at radius 1 is 1.33 bits per heavy atom. The summed E-state index contributed by atoms with van der Waals surface area (Å²) in [5.74, 6) is -0.214. The molecular weight excluding hydrogens is 266 g/mol. The third kappa shape index (κ3) is 2.91. The number of nitrogens with zero attached hydrogens (tertiary/aromatic N) is 1. The fourth-order valence-electron chi connectivity index (χ4n) is 2.33. The zero-order valence-electron chi connectivity index (χ0n) is 11.6. The van der Waals surface area contributed by atoms with Crippen molar-refractivity contribution in [2.24, 2.45) is 0 Å². The van der Waals surface area contributed by atoms with Crippen LogP contribution in [0.1, 0.15) is 27.3 Å². The summed E-state index contributed by atoms with van der Waals surface area (Å²) >= 11 is 0. The van der Waals surface area contributed by atoms with E-state index in [1.165, 1.54) is 0 Å². The van der Waals surface area contributed by atoms with Gasteiger partial charge < -0.3 is 10.6 Å². The Kier molecular flexibility index (Phi) is 3.39. The quantitative estimate of drug-likeness (QED) is 0.901. The minimum Gasteiger partial charge on any atom is -0.346 e. The molecule has 1 aromatic heterocycles. The highest BCUT2D eigenvalue weighted by Crippen LogP contribution is 2.23. The number of aryl methyl sites for hydroxylation is 1. The maximum atomic E-state index is 12.1. The van der Waals surface area contributed by atoms with Crippen LogP contribution in [-0.2, 0) is 17.8 Å². The van der Waals surface area contributed by atoms with Crippen LogP contribution in [0.5, 0.6) is 0 Å². The summed E-state index contributed by atoms with van der Waals surface area (Å²) in [5, 5.41) is 5.57. The van der Waals surface area contributed by atoms with Crippen LogP contribution >= 0.6 is 0 Å². The molecule has 2 amide bonds. The number of hydrogen-bond donors (Lipinski definition) is 2. The molecule has 0 atom stereocenters. The van der Waals surface area contributed by atoms with Crippen molar-refractivity contribution in [3.63, 3.8) is 0 Å². The number of aromatic nitrogens is 1. The van der Waals surface area contributed by atoms with E-state index in [4.69, 9.17) is 0 Å². The molecule has 0 saturated heterocycles. The fraction of sp³-hybridized carbons (Fsp3) is 0.188. The van der Waals surface area contributed by atoms with Crippen LogP contribution in [0, 0.1) is 6.92 Å². The van der Waals surface area contributed by atoms with E-state index in [1.54, 1.807) is 12.1 Å². The van der Waals surface area contributed by atoms with Crippen molar-refractivity contribution in [3.05, 3.63) is 58.9 Å². The maximum absolute atomic E-state index is 12.1. The first-order chi connectivity index (χ1) is 10.1. The largest absolute Gasteiger partial charge is 0.346 e. The molecule has 1 aliphatic heterocycles. The summed E-state index contributed by atoms with van der Waals surface area (Å²) in [6, 6.07) is 10.9. The van der Waals surface area contributed by atoms with Gasteiger partial charge in [-0.1, -0.05) is 12.1 Å². The van der Waals surface area contributed by atoms with E-state index in [2.05, 4.69) is 15.6 Å². The minimum atomic E-state index is -0.178. The normalized spacial score (nSPS) is 12.7. The molecule has 2 heterocycles. The summed E-state index contributed by atoms with van der Waals surface area (Å²) in [7, 11) is 0. The average molecular weight is 281 g/mol. The molecule has 5 nitrogen and oxygen atoms in total. The lowest BCUT2D eigenvalue weighted by Crippen LogP contribution is -2.23. The summed E-state index contributed by atoms with van der Waals surface area (Å²) in [6.07, 6.45) is 0.379. The number of benzene rings is 1. The van der Waals surface area contributed by atoms with Crippen LogP contribution in [-0.4, -0.2) is 16.8 Å². The lowest BCUT2D eigenvalue weighted by atomic mass is 10.1. The molecule has 3 rings (SSSR count). The smallest absolute Gasteiger partial charge is 0.251 e. The lowest BCUT2D eigenvalue weighted by molar-refractivity contribution is -0.115. The fourth-order valence-corrected chi connectivity index (χ4v) is 2.33. The summed E-state index contributed by atoms with van der Waals surface area (Å²) in [5.41, 5.74) is 3.92. The summed E-state index contributed by atoms with van der Waals surface area (Å²) in [6.45, 7) is 2.29. The van der Waals surface area contributed by atoms with E-state index < -0.39 is 0 Å². The number of hydrogen-bond acceptors (Lipinski definition) is 3. The standard InChI is InChI=1S/C16H15N3O2/c1-10-3-2-4-13(18-10)9-17-16(21)12-6-5-11-8-15(20)19-14(11)7-12/h2-7H,8-9H2,1H3,(H,17,21)(H,19,20). The van der Waals surface area contributed by atoms with Gasteiger partial charge in [0.15, 0.2) is 0 Å². The first-order valence-electron chi connectivity index (χ1n) is 6.75. The molecular formula is C16H15N3O2. The van der Waals surface area contributed by atoms with E-state index >= 15 is 0 Å². The second-order valence-electron chi connectivity index (χ2n) is 5.05. The van der Waals surface area contributed by atoms with Gasteiger partial charge in [0, 0.05) is 16.9 Å². The maximum Gasteiger partial charge on any atom is 0.251 e. The van der Waals surface area contributed by atoms with Crippen molar-refractivity contribution < 1.29 is 9.59 Å². The Morgan fingerprint density at radius 3 is 3.00 bits per heavy atom. The lowest BCUT2D eigenvalue weighted by Gasteiger charge is -2.07. The van der Waals surface area contributed by atoms with Crippen molar-refractivity contribution in [2.75, 3.05) is 5.32 Å². The first-order valence-corrected chi connectivity index (χ1v) is 6.75. The van der Waals surface area contributed by atoms with Crippen LogP contribution in [0.25, 0.3) is 0 Å². The van der Waals surface area contributed by atoms with Crippen molar-refractivity contribution in [3.8, 4) is 0 Å². The third-order valence-corrected chi connectivity index (χ3v) is 3.37. The Morgan fingerprint density at radius 2 is 2.19 bits per heavy atom. The van der Waals surface area contributed by atoms with Crippen LogP contribution in [0.2, 0.25) is 0 Å². The second-order valence-corrected chi connectivity index (χ2v) is 5.05. The average Bonchev–Trinajstić information content (AvgIpc) is 2.84. The van der Waals surface area contributed by atoms with Gasteiger partial charge in [0.25, 0.3) is 5.91 Å². The molecule has 0 unspecified atom stereocenters. The molecule has 0 spiro atoms. The van der Waals surface area contributed by atoms with Gasteiger partial charge in [-0.2, -0.15) is 0 Å². The highest BCUT2D eigenvalue weighted by molar-refractivity contribution is 6.02. The van der Waals surface area contributed by atoms with E-state index in [1.807, 2.05) is 31.2 Å². The number of carbonyl (C=O) groups is 2. The molecule has 0 aliphatic carbocycles. The van der Waals surface area contributed by atoms with Gasteiger partial charge in [0.05, 0.1) is 18.7 Å². The Hall–Kier alpha value is -2.69. The number of fused-ring (bicyclic) bond motifs is 1. The summed E-state index contributed by atoms with van der Waals surface area (Å²) < 4.78 is 0. The van der Waals surface area contributed by atoms with Gasteiger partial charge in [0.2, 0.25) is 5.91 Å². The number of pyridine rings is 1. The first kappa shape index (κ1) is 13.3. The molecule has 0 bridgehead atoms. The molecule has 0 fully saturated rings. The van der Waals surface area contributed by atoms with Gasteiger partial charge in [-0.25, -0.2) is 0 Å². The van der Waals surface area contributed by atoms with E-state index in [0.717, 1.165) is 22.6 Å². The highest BCUT2D eigenvalue weighted by atomic mass is 16.2. The molecule has 21 heavy (non-hydrogen) atoms. The molecule has 106 valence electrons. The van der Waals surface area contributed by atoms with Crippen LogP contribution in [0.15, 0.2) is 36.4 Å². The Bertz CT molecular complexity index is 725. The molecule has 5 heteroatoms. The zero-order chi connectivity index (χ0) is 14.8. The predicted octanol–water partition coefficient (Wildman–Crippen LogP) is 1.81. The molecule has 2 N–H and O–H groups in total. The van der Waals surface area contributed by atoms with E-state index in [9.17, 15) is 9.59 Å². The summed E-state index contributed by atoms with van der Waals surface area (Å²) in [4.78, 5) is 27.8. The monoisotopic (exact) mass is 281 g/mol. The molecule has 0 saturated carbocycles. The molecule has 1 aliphatic rings. The second kappa shape index (κ2) is 5.36. The Labute approximate surface area is 122 Å². The van der Waals surface area contributed by atoms with E-state index in [0.29, 0.717) is 18.5 Å². The molecule has 0 radical (unpaired) electrons. The number of amides is 2. The van der Waals surface area contributed by atoms with Crippen LogP contribution in [0.3, 0.4) is 0 Å². The Balaban J connectivity index is 1.69. The highest BCUT2D eigenvalue weighted by Gasteiger charge is 2.18. The van der Waals surface area contributed by atoms with Gasteiger partial charge >= 0.3 is 0 Å². The van der Waals surface area contributed by atoms with Crippen molar-refractivity contribution >= 4 is 17.5 Å². The molecule has 2 aromatic rings. The van der Waals surface area contributed by atoms with Gasteiger partial charge in [-0.3, -0.25) is 14.6 Å². The SMILES string of the molecule is Cc1cccc(CNC(=O)c2ccc3c(c2)NC(=O)C3)n1. The van der Waals surface area contributed by atoms with Crippen molar-refractivity contribution in [1.82, 2.24) is 10.3 Å². The van der Waals surface area contributed by atoms with Crippen LogP contribution in [0.4, 0.5) is 5.69 Å². The van der Waals surface area contributed by atoms with Gasteiger partial charge in [-0.15, -0.1) is 0 Å². The molecule has 1 aromatic carbocycles. The van der Waals surface area contributed by atoms with Crippen molar-refractivity contribution in [1.29, 1.82) is 0 Å². The van der Waals surface area contributed by atoms with E-state index in [-0.39, 0.29) is 11.8 Å². The van der Waals surface area contributed by atoms with Crippen molar-refractivity contribution in [2.45, 2.75) is 19.9 Å². The zero-order valence-corrected chi connectivity index (χ0v) is 11.6. The van der Waals surface area contributed by atoms with Gasteiger partial charge in [-0.05, 0) is 36.8 Å². The topological polar surface area (TPSA) is 71.1 Å². The number of carbonyl (C=O) groups excluding carboxylic acids is 2. The number of nitrogens with one attached hydrogen (secondary N) is 2. The van der Waals surface area contributed by atoms with Gasteiger partial charge in [0.1, 0.15) is 0 Å². The third-order valence-electron chi connectivity index (χ3n) is 3.37. The number of rotatable bonds is 3. The number of anilines is 1. The predicted molar refractivity (Wildman–Crippen MR) is 78.9 cm³/mol.